The topological polar surface area (TPSA) is 105 Å². The van der Waals surface area contributed by atoms with Crippen molar-refractivity contribution in [2.45, 2.75) is 45.2 Å². The predicted octanol–water partition coefficient (Wildman–Crippen LogP) is 1.16. The third-order valence-electron chi connectivity index (χ3n) is 5.22. The average Bonchev–Trinajstić information content (AvgIpc) is 3.10. The number of hydrogen-bond acceptors (Lipinski definition) is 4. The van der Waals surface area contributed by atoms with E-state index in [1.54, 1.807) is 29.4 Å². The molecule has 0 saturated carbocycles. The lowest BCUT2D eigenvalue weighted by Crippen LogP contribution is -2.39. The summed E-state index contributed by atoms with van der Waals surface area (Å²) in [4.78, 5) is 28.3. The van der Waals surface area contributed by atoms with Gasteiger partial charge in [-0.1, -0.05) is 12.1 Å². The first-order valence-electron chi connectivity index (χ1n) is 10.5. The fourth-order valence-electron chi connectivity index (χ4n) is 3.59. The van der Waals surface area contributed by atoms with Gasteiger partial charge in [0, 0.05) is 52.3 Å². The van der Waals surface area contributed by atoms with Crippen molar-refractivity contribution in [2.75, 3.05) is 27.2 Å². The van der Waals surface area contributed by atoms with Crippen LogP contribution < -0.4 is 21.6 Å². The lowest BCUT2D eigenvalue weighted by molar-refractivity contribution is 0.0963. The lowest BCUT2D eigenvalue weighted by Gasteiger charge is -2.12. The van der Waals surface area contributed by atoms with Crippen molar-refractivity contribution < 1.29 is 4.79 Å². The zero-order valence-corrected chi connectivity index (χ0v) is 20.5. The highest BCUT2D eigenvalue weighted by Gasteiger charge is 2.16. The molecule has 170 valence electrons. The van der Waals surface area contributed by atoms with Crippen LogP contribution in [-0.2, 0) is 25.9 Å². The minimum atomic E-state index is -0.0834. The molecule has 31 heavy (non-hydrogen) atoms. The van der Waals surface area contributed by atoms with E-state index >= 15 is 0 Å². The highest BCUT2D eigenvalue weighted by molar-refractivity contribution is 14.0. The Morgan fingerprint density at radius 2 is 2.03 bits per heavy atom. The number of rotatable bonds is 8. The maximum Gasteiger partial charge on any atom is 0.345 e. The van der Waals surface area contributed by atoms with Gasteiger partial charge in [-0.05, 0) is 43.4 Å². The van der Waals surface area contributed by atoms with E-state index in [0.717, 1.165) is 50.0 Å². The molecule has 0 fully saturated rings. The number of amides is 1. The van der Waals surface area contributed by atoms with E-state index in [1.165, 1.54) is 0 Å². The molecule has 2 heterocycles. The third-order valence-corrected chi connectivity index (χ3v) is 5.22. The molecule has 0 aliphatic carbocycles. The van der Waals surface area contributed by atoms with E-state index in [-0.39, 0.29) is 35.6 Å². The van der Waals surface area contributed by atoms with Crippen molar-refractivity contribution >= 4 is 35.8 Å². The maximum absolute atomic E-state index is 12.3. The second-order valence-electron chi connectivity index (χ2n) is 7.34. The number of aliphatic imine (C=N–C) groups is 1. The second kappa shape index (κ2) is 12.5. The molecule has 10 heteroatoms. The fourth-order valence-corrected chi connectivity index (χ4v) is 3.59. The summed E-state index contributed by atoms with van der Waals surface area (Å²) in [5.41, 5.74) is 1.75. The molecule has 0 atom stereocenters. The molecule has 0 radical (unpaired) electrons. The Morgan fingerprint density at radius 1 is 1.23 bits per heavy atom. The van der Waals surface area contributed by atoms with Gasteiger partial charge >= 0.3 is 5.69 Å². The number of carbonyl (C=O) groups excluding carboxylic acids is 1. The molecule has 0 bridgehead atoms. The van der Waals surface area contributed by atoms with Crippen LogP contribution in [0.4, 0.5) is 0 Å². The predicted molar refractivity (Wildman–Crippen MR) is 132 cm³/mol. The SMILES string of the molecule is CN=C(NCCCn1nc2n(c1=O)CCCC2)NCCc1cccc(C(=O)NC)c1.I. The number of nitrogens with one attached hydrogen (secondary N) is 3. The van der Waals surface area contributed by atoms with Gasteiger partial charge in [0.2, 0.25) is 0 Å². The Bertz CT molecular complexity index is 951. The first kappa shape index (κ1) is 24.9. The smallest absolute Gasteiger partial charge is 0.345 e. The number of aryl methyl sites for hydroxylation is 2. The summed E-state index contributed by atoms with van der Waals surface area (Å²) in [6.45, 7) is 2.77. The standard InChI is InChI=1S/C21H31N7O2.HI/c1-22-19(29)17-8-5-7-16(15-17)10-12-25-20(23-2)24-11-6-14-28-21(30)27-13-4-3-9-18(27)26-28;/h5,7-8,15H,3-4,6,9-14H2,1-2H3,(H,22,29)(H2,23,24,25);1H. The monoisotopic (exact) mass is 541 g/mol. The van der Waals surface area contributed by atoms with E-state index < -0.39 is 0 Å². The first-order chi connectivity index (χ1) is 14.6. The van der Waals surface area contributed by atoms with Crippen molar-refractivity contribution in [1.29, 1.82) is 0 Å². The van der Waals surface area contributed by atoms with Crippen LogP contribution in [-0.4, -0.2) is 53.4 Å². The number of fused-ring (bicyclic) bond motifs is 1. The number of benzene rings is 1. The molecule has 3 rings (SSSR count). The highest BCUT2D eigenvalue weighted by Crippen LogP contribution is 2.09. The minimum absolute atomic E-state index is 0. The molecular weight excluding hydrogens is 509 g/mol. The van der Waals surface area contributed by atoms with E-state index in [9.17, 15) is 9.59 Å². The van der Waals surface area contributed by atoms with E-state index in [1.807, 2.05) is 18.2 Å². The van der Waals surface area contributed by atoms with Gasteiger partial charge in [-0.3, -0.25) is 14.4 Å². The third kappa shape index (κ3) is 6.81. The summed E-state index contributed by atoms with van der Waals surface area (Å²) < 4.78 is 3.38. The average molecular weight is 541 g/mol. The molecule has 0 spiro atoms. The molecule has 0 saturated heterocycles. The molecule has 1 aliphatic heterocycles. The number of carbonyl (C=O) groups is 1. The van der Waals surface area contributed by atoms with E-state index in [2.05, 4.69) is 26.0 Å². The fraction of sp³-hybridized carbons (Fsp3) is 0.524. The Balaban J connectivity index is 0.00000341. The normalized spacial score (nSPS) is 13.2. The molecule has 0 unspecified atom stereocenters. The summed E-state index contributed by atoms with van der Waals surface area (Å²) in [5.74, 6) is 1.55. The van der Waals surface area contributed by atoms with Gasteiger partial charge in [0.25, 0.3) is 5.91 Å². The van der Waals surface area contributed by atoms with Crippen LogP contribution in [0.1, 0.15) is 41.0 Å². The molecule has 1 aromatic heterocycles. The summed E-state index contributed by atoms with van der Waals surface area (Å²) in [6, 6.07) is 7.60. The first-order valence-corrected chi connectivity index (χ1v) is 10.5. The van der Waals surface area contributed by atoms with Gasteiger partial charge in [0.1, 0.15) is 5.82 Å². The van der Waals surface area contributed by atoms with Crippen LogP contribution in [0.5, 0.6) is 0 Å². The maximum atomic E-state index is 12.3. The van der Waals surface area contributed by atoms with Crippen molar-refractivity contribution in [2.24, 2.45) is 4.99 Å². The van der Waals surface area contributed by atoms with Crippen LogP contribution in [0.25, 0.3) is 0 Å². The Labute approximate surface area is 199 Å². The zero-order chi connectivity index (χ0) is 21.3. The minimum Gasteiger partial charge on any atom is -0.356 e. The molecule has 1 amide bonds. The van der Waals surface area contributed by atoms with Gasteiger partial charge in [-0.15, -0.1) is 24.0 Å². The van der Waals surface area contributed by atoms with Crippen molar-refractivity contribution in [3.05, 3.63) is 51.7 Å². The molecular formula is C21H32IN7O2. The molecule has 1 aromatic carbocycles. The summed E-state index contributed by atoms with van der Waals surface area (Å²) in [5, 5.41) is 13.7. The largest absolute Gasteiger partial charge is 0.356 e. The second-order valence-corrected chi connectivity index (χ2v) is 7.34. The number of nitrogens with zero attached hydrogens (tertiary/aromatic N) is 4. The Kier molecular flexibility index (Phi) is 10.0. The van der Waals surface area contributed by atoms with Crippen LogP contribution in [0.3, 0.4) is 0 Å². The van der Waals surface area contributed by atoms with Gasteiger partial charge in [-0.2, -0.15) is 5.10 Å². The lowest BCUT2D eigenvalue weighted by atomic mass is 10.1. The summed E-state index contributed by atoms with van der Waals surface area (Å²) in [7, 11) is 3.36. The van der Waals surface area contributed by atoms with Crippen LogP contribution in [0, 0.1) is 0 Å². The zero-order valence-electron chi connectivity index (χ0n) is 18.2. The Hall–Kier alpha value is -2.37. The summed E-state index contributed by atoms with van der Waals surface area (Å²) >= 11 is 0. The molecule has 1 aliphatic rings. The highest BCUT2D eigenvalue weighted by atomic mass is 127. The number of guanidine groups is 1. The number of hydrogen-bond donors (Lipinski definition) is 3. The van der Waals surface area contributed by atoms with Gasteiger partial charge < -0.3 is 16.0 Å². The van der Waals surface area contributed by atoms with Gasteiger partial charge in [-0.25, -0.2) is 9.48 Å². The quantitative estimate of drug-likeness (QED) is 0.201. The van der Waals surface area contributed by atoms with E-state index in [0.29, 0.717) is 31.2 Å². The van der Waals surface area contributed by atoms with Crippen LogP contribution in [0.15, 0.2) is 34.1 Å². The van der Waals surface area contributed by atoms with Crippen molar-refractivity contribution in [3.63, 3.8) is 0 Å². The van der Waals surface area contributed by atoms with Crippen molar-refractivity contribution in [1.82, 2.24) is 30.3 Å². The van der Waals surface area contributed by atoms with Crippen LogP contribution >= 0.6 is 24.0 Å². The van der Waals surface area contributed by atoms with E-state index in [4.69, 9.17) is 0 Å². The molecule has 2 aromatic rings. The van der Waals surface area contributed by atoms with Gasteiger partial charge in [0.05, 0.1) is 0 Å². The van der Waals surface area contributed by atoms with Crippen molar-refractivity contribution in [3.8, 4) is 0 Å². The van der Waals surface area contributed by atoms with Gasteiger partial charge in [0.15, 0.2) is 5.96 Å². The van der Waals surface area contributed by atoms with Crippen LogP contribution in [0.2, 0.25) is 0 Å². The number of aromatic nitrogens is 3. The number of halogens is 1. The molecule has 3 N–H and O–H groups in total. The molecule has 9 nitrogen and oxygen atoms in total. The Morgan fingerprint density at radius 3 is 2.77 bits per heavy atom. The summed E-state index contributed by atoms with van der Waals surface area (Å²) in [6.07, 6.45) is 4.61.